The number of halogens is 2. The van der Waals surface area contributed by atoms with Crippen LogP contribution in [0.25, 0.3) is 0 Å². The number of amides is 3. The first-order valence-electron chi connectivity index (χ1n) is 15.6. The van der Waals surface area contributed by atoms with Crippen molar-refractivity contribution < 1.29 is 33.8 Å². The van der Waals surface area contributed by atoms with E-state index in [0.29, 0.717) is 22.7 Å². The molecule has 2 bridgehead atoms. The van der Waals surface area contributed by atoms with Crippen LogP contribution in [0.4, 0.5) is 5.69 Å². The predicted octanol–water partition coefficient (Wildman–Crippen LogP) is 4.35. The van der Waals surface area contributed by atoms with Gasteiger partial charge in [0.2, 0.25) is 11.8 Å². The van der Waals surface area contributed by atoms with E-state index in [0.717, 1.165) is 0 Å². The smallest absolute Gasteiger partial charge is 0.306 e. The van der Waals surface area contributed by atoms with Gasteiger partial charge in [-0.2, -0.15) is 0 Å². The van der Waals surface area contributed by atoms with Crippen molar-refractivity contribution in [2.45, 2.75) is 60.8 Å². The van der Waals surface area contributed by atoms with Crippen LogP contribution in [0, 0.1) is 11.8 Å². The average molecular weight is 729 g/mol. The Balaban J connectivity index is 1.50. The molecule has 2 aromatic rings. The number of hydrogen-bond donors (Lipinski definition) is 2. The van der Waals surface area contributed by atoms with Crippen LogP contribution in [-0.4, -0.2) is 82.1 Å². The summed E-state index contributed by atoms with van der Waals surface area (Å²) in [5.41, 5.74) is -0.209. The van der Waals surface area contributed by atoms with Crippen molar-refractivity contribution >= 4 is 56.9 Å². The Kier molecular flexibility index (Phi) is 10.9. The molecule has 5 rings (SSSR count). The summed E-state index contributed by atoms with van der Waals surface area (Å²) < 4.78 is 12.1. The van der Waals surface area contributed by atoms with Gasteiger partial charge in [0.25, 0.3) is 5.91 Å². The number of likely N-dealkylation sites (tertiary alicyclic amines) is 1. The van der Waals surface area contributed by atoms with E-state index in [1.54, 1.807) is 43.3 Å². The normalized spacial score (nSPS) is 27.1. The number of aliphatic hydroxyl groups is 1. The maximum Gasteiger partial charge on any atom is 0.306 e. The lowest BCUT2D eigenvalue weighted by Gasteiger charge is -2.38. The highest BCUT2D eigenvalue weighted by Crippen LogP contribution is 2.60. The van der Waals surface area contributed by atoms with Crippen LogP contribution in [0.15, 0.2) is 79.9 Å². The fraction of sp³-hybridized carbons (Fsp3) is 0.429. The number of carbonyl (C=O) groups excluding carboxylic acids is 4. The standard InChI is InChI=1S/C35H39BrClN3O7/c1-4-6-16-27(42)46-20-25(22-12-8-7-9-13-22)38-32(43)28-29-33(44)40(21(3)19-41)31(35(29)18-23(36)30(28)47-35)34(45)39(17-5-2)26-15-11-10-14-24(26)37/h4-5,7-15,21,23,25,28-31,41H,1-2,6,16-20H2,3H3,(H,38,43)/t21-,23?,25+,28-,29+,30-,31-,35+/m1/s1. The SMILES string of the molecule is C=CCCC(=O)OC[C@H](NC(=O)[C@H]1[C@@H]2O[C@@]3(CC2Br)[C@@H]1C(=O)N([C@H](C)CO)[C@@H]3C(=O)N(CC=C)c1ccccc1Cl)c1ccccc1. The third-order valence-electron chi connectivity index (χ3n) is 9.21. The van der Waals surface area contributed by atoms with Crippen LogP contribution in [0.3, 0.4) is 0 Å². The van der Waals surface area contributed by atoms with E-state index in [-0.39, 0.29) is 30.8 Å². The van der Waals surface area contributed by atoms with Crippen molar-refractivity contribution in [2.24, 2.45) is 11.8 Å². The number of alkyl halides is 1. The number of esters is 1. The van der Waals surface area contributed by atoms with Crippen LogP contribution >= 0.6 is 27.5 Å². The Morgan fingerprint density at radius 3 is 2.55 bits per heavy atom. The number of hydrogen-bond acceptors (Lipinski definition) is 7. The first-order chi connectivity index (χ1) is 22.6. The molecule has 2 aromatic carbocycles. The zero-order valence-electron chi connectivity index (χ0n) is 26.1. The summed E-state index contributed by atoms with van der Waals surface area (Å²) in [6.07, 6.45) is 3.39. The largest absolute Gasteiger partial charge is 0.463 e. The van der Waals surface area contributed by atoms with E-state index < -0.39 is 72.0 Å². The highest BCUT2D eigenvalue weighted by molar-refractivity contribution is 9.09. The lowest BCUT2D eigenvalue weighted by molar-refractivity contribution is -0.146. The van der Waals surface area contributed by atoms with Crippen molar-refractivity contribution in [3.8, 4) is 0 Å². The Morgan fingerprint density at radius 2 is 1.89 bits per heavy atom. The summed E-state index contributed by atoms with van der Waals surface area (Å²) in [4.78, 5) is 58.2. The molecular weight excluding hydrogens is 690 g/mol. The summed E-state index contributed by atoms with van der Waals surface area (Å²) in [6, 6.07) is 13.4. The second kappa shape index (κ2) is 14.7. The molecule has 1 unspecified atom stereocenters. The molecule has 0 aliphatic carbocycles. The fourth-order valence-electron chi connectivity index (χ4n) is 7.11. The van der Waals surface area contributed by atoms with E-state index >= 15 is 0 Å². The first kappa shape index (κ1) is 34.8. The van der Waals surface area contributed by atoms with E-state index in [9.17, 15) is 24.3 Å². The van der Waals surface area contributed by atoms with Crippen LogP contribution < -0.4 is 10.2 Å². The van der Waals surface area contributed by atoms with Gasteiger partial charge in [0.15, 0.2) is 0 Å². The summed E-state index contributed by atoms with van der Waals surface area (Å²) >= 11 is 10.2. The number of rotatable bonds is 14. The number of para-hydroxylation sites is 1. The molecule has 3 saturated heterocycles. The minimum absolute atomic E-state index is 0.102. The minimum atomic E-state index is -1.36. The van der Waals surface area contributed by atoms with Crippen LogP contribution in [-0.2, 0) is 28.7 Å². The van der Waals surface area contributed by atoms with E-state index in [2.05, 4.69) is 34.4 Å². The maximum absolute atomic E-state index is 14.7. The number of allylic oxidation sites excluding steroid dienone is 1. The molecule has 2 N–H and O–H groups in total. The monoisotopic (exact) mass is 727 g/mol. The number of nitrogens with one attached hydrogen (secondary N) is 1. The van der Waals surface area contributed by atoms with Crippen molar-refractivity contribution in [3.05, 3.63) is 90.5 Å². The quantitative estimate of drug-likeness (QED) is 0.168. The number of fused-ring (bicyclic) bond motifs is 1. The Bertz CT molecular complexity index is 1530. The summed E-state index contributed by atoms with van der Waals surface area (Å²) in [5.74, 6) is -3.77. The molecule has 1 spiro atoms. The molecule has 3 fully saturated rings. The summed E-state index contributed by atoms with van der Waals surface area (Å²) in [6.45, 7) is 8.68. The lowest BCUT2D eigenvalue weighted by atomic mass is 9.70. The number of anilines is 1. The van der Waals surface area contributed by atoms with Gasteiger partial charge < -0.3 is 29.7 Å². The molecule has 3 heterocycles. The molecule has 47 heavy (non-hydrogen) atoms. The average Bonchev–Trinajstić information content (AvgIpc) is 3.67. The molecule has 12 heteroatoms. The molecule has 0 radical (unpaired) electrons. The number of ether oxygens (including phenoxy) is 2. The second-order valence-electron chi connectivity index (χ2n) is 12.1. The fourth-order valence-corrected chi connectivity index (χ4v) is 8.29. The van der Waals surface area contributed by atoms with Crippen LogP contribution in [0.5, 0.6) is 0 Å². The number of carbonyl (C=O) groups is 4. The van der Waals surface area contributed by atoms with Gasteiger partial charge in [0, 0.05) is 17.8 Å². The molecule has 3 aliphatic rings. The van der Waals surface area contributed by atoms with Crippen molar-refractivity contribution in [2.75, 3.05) is 24.7 Å². The van der Waals surface area contributed by atoms with Gasteiger partial charge in [0.05, 0.1) is 47.3 Å². The van der Waals surface area contributed by atoms with Crippen molar-refractivity contribution in [1.29, 1.82) is 0 Å². The number of benzene rings is 2. The van der Waals surface area contributed by atoms with Gasteiger partial charge in [-0.3, -0.25) is 19.2 Å². The van der Waals surface area contributed by atoms with Gasteiger partial charge in [0.1, 0.15) is 18.2 Å². The van der Waals surface area contributed by atoms with Gasteiger partial charge in [-0.05, 0) is 37.5 Å². The zero-order valence-corrected chi connectivity index (χ0v) is 28.4. The minimum Gasteiger partial charge on any atom is -0.463 e. The molecule has 3 aliphatic heterocycles. The van der Waals surface area contributed by atoms with E-state index in [1.807, 2.05) is 30.3 Å². The molecule has 3 amide bonds. The zero-order chi connectivity index (χ0) is 33.9. The Hall–Kier alpha value is -3.51. The highest BCUT2D eigenvalue weighted by atomic mass is 79.9. The molecule has 8 atom stereocenters. The third kappa shape index (κ3) is 6.50. The van der Waals surface area contributed by atoms with Crippen molar-refractivity contribution in [3.63, 3.8) is 0 Å². The number of nitrogens with zero attached hydrogens (tertiary/aromatic N) is 2. The second-order valence-corrected chi connectivity index (χ2v) is 13.7. The topological polar surface area (TPSA) is 125 Å². The van der Waals surface area contributed by atoms with Gasteiger partial charge in [-0.15, -0.1) is 13.2 Å². The van der Waals surface area contributed by atoms with Crippen LogP contribution in [0.1, 0.15) is 37.8 Å². The Labute approximate surface area is 287 Å². The van der Waals surface area contributed by atoms with E-state index in [1.165, 1.54) is 9.80 Å². The molecule has 250 valence electrons. The summed E-state index contributed by atoms with van der Waals surface area (Å²) in [7, 11) is 0. The van der Waals surface area contributed by atoms with Gasteiger partial charge >= 0.3 is 5.97 Å². The predicted molar refractivity (Wildman–Crippen MR) is 181 cm³/mol. The van der Waals surface area contributed by atoms with Crippen molar-refractivity contribution in [1.82, 2.24) is 10.2 Å². The molecule has 0 aromatic heterocycles. The number of aliphatic hydroxyl groups excluding tert-OH is 1. The molecule has 0 saturated carbocycles. The van der Waals surface area contributed by atoms with Gasteiger partial charge in [-0.25, -0.2) is 0 Å². The van der Waals surface area contributed by atoms with E-state index in [4.69, 9.17) is 21.1 Å². The maximum atomic E-state index is 14.7. The third-order valence-corrected chi connectivity index (χ3v) is 10.4. The summed E-state index contributed by atoms with van der Waals surface area (Å²) in [5, 5.41) is 13.6. The highest BCUT2D eigenvalue weighted by Gasteiger charge is 2.77. The Morgan fingerprint density at radius 1 is 1.19 bits per heavy atom. The van der Waals surface area contributed by atoms with Crippen LogP contribution in [0.2, 0.25) is 5.02 Å². The molecule has 10 nitrogen and oxygen atoms in total. The van der Waals surface area contributed by atoms with Gasteiger partial charge in [-0.1, -0.05) is 82.1 Å². The lowest BCUT2D eigenvalue weighted by Crippen LogP contribution is -2.59. The first-order valence-corrected chi connectivity index (χ1v) is 16.9. The molecular formula is C35H39BrClN3O7.